The fraction of sp³-hybridized carbons (Fsp3) is 0.250. The van der Waals surface area contributed by atoms with E-state index in [-0.39, 0.29) is 11.8 Å². The molecule has 0 aliphatic carbocycles. The zero-order valence-electron chi connectivity index (χ0n) is 12.6. The number of thiophene rings is 1. The molecule has 1 heterocycles. The lowest BCUT2D eigenvalue weighted by molar-refractivity contribution is 0.0777. The van der Waals surface area contributed by atoms with E-state index in [1.165, 1.54) is 11.3 Å². The van der Waals surface area contributed by atoms with Gasteiger partial charge in [-0.1, -0.05) is 12.1 Å². The number of hydrogen-bond acceptors (Lipinski definition) is 4. The summed E-state index contributed by atoms with van der Waals surface area (Å²) in [4.78, 5) is 27.2. The van der Waals surface area contributed by atoms with Gasteiger partial charge < -0.3 is 16.0 Å². The minimum Gasteiger partial charge on any atom is -0.397 e. The van der Waals surface area contributed by atoms with Crippen molar-refractivity contribution in [2.75, 3.05) is 24.1 Å². The minimum atomic E-state index is -0.263. The van der Waals surface area contributed by atoms with Gasteiger partial charge in [0, 0.05) is 13.1 Å². The van der Waals surface area contributed by atoms with Gasteiger partial charge in [-0.2, -0.15) is 0 Å². The number of nitrogen functional groups attached to an aromatic ring is 1. The molecule has 1 aromatic carbocycles. The molecule has 3 N–H and O–H groups in total. The van der Waals surface area contributed by atoms with E-state index < -0.39 is 0 Å². The Bertz CT molecular complexity index is 678. The van der Waals surface area contributed by atoms with Gasteiger partial charge in [-0.25, -0.2) is 0 Å². The summed E-state index contributed by atoms with van der Waals surface area (Å²) in [6, 6.07) is 10.4. The average Bonchev–Trinajstić information content (AvgIpc) is 3.00. The van der Waals surface area contributed by atoms with E-state index >= 15 is 0 Å². The largest absolute Gasteiger partial charge is 0.397 e. The first-order chi connectivity index (χ1) is 10.6. The second-order valence-corrected chi connectivity index (χ2v) is 5.77. The van der Waals surface area contributed by atoms with E-state index in [0.29, 0.717) is 34.2 Å². The van der Waals surface area contributed by atoms with Gasteiger partial charge >= 0.3 is 0 Å². The summed E-state index contributed by atoms with van der Waals surface area (Å²) in [6.07, 6.45) is 0. The molecule has 116 valence electrons. The van der Waals surface area contributed by atoms with Crippen LogP contribution in [-0.2, 0) is 0 Å². The highest BCUT2D eigenvalue weighted by Crippen LogP contribution is 2.22. The van der Waals surface area contributed by atoms with Crippen LogP contribution in [0.4, 0.5) is 11.4 Å². The third kappa shape index (κ3) is 3.46. The molecule has 2 rings (SSSR count). The lowest BCUT2D eigenvalue weighted by Gasteiger charge is -2.17. The molecule has 0 fully saturated rings. The zero-order chi connectivity index (χ0) is 16.1. The number of nitrogens with zero attached hydrogens (tertiary/aromatic N) is 1. The van der Waals surface area contributed by atoms with E-state index in [1.807, 2.05) is 13.8 Å². The highest BCUT2D eigenvalue weighted by atomic mass is 32.1. The standard InChI is InChI=1S/C16H19N3O2S/c1-3-19(4-2)16(21)14-10-9-13(22-14)15(20)18-12-8-6-5-7-11(12)17/h5-10H,3-4,17H2,1-2H3,(H,18,20). The van der Waals surface area contributed by atoms with E-state index in [2.05, 4.69) is 5.32 Å². The van der Waals surface area contributed by atoms with Crippen LogP contribution in [0.1, 0.15) is 33.2 Å². The molecule has 0 aliphatic rings. The van der Waals surface area contributed by atoms with Gasteiger partial charge in [0.15, 0.2) is 0 Å². The number of carbonyl (C=O) groups is 2. The molecule has 22 heavy (non-hydrogen) atoms. The Morgan fingerprint density at radius 1 is 1.09 bits per heavy atom. The predicted molar refractivity (Wildman–Crippen MR) is 90.4 cm³/mol. The van der Waals surface area contributed by atoms with Crippen LogP contribution >= 0.6 is 11.3 Å². The second-order valence-electron chi connectivity index (χ2n) is 4.68. The molecule has 0 saturated heterocycles. The van der Waals surface area contributed by atoms with Crippen molar-refractivity contribution in [1.82, 2.24) is 4.90 Å². The van der Waals surface area contributed by atoms with Crippen LogP contribution in [0, 0.1) is 0 Å². The maximum absolute atomic E-state index is 12.2. The number of para-hydroxylation sites is 2. The van der Waals surface area contributed by atoms with Gasteiger partial charge in [-0.15, -0.1) is 11.3 Å². The number of carbonyl (C=O) groups excluding carboxylic acids is 2. The highest BCUT2D eigenvalue weighted by molar-refractivity contribution is 7.16. The third-order valence-electron chi connectivity index (χ3n) is 3.30. The SMILES string of the molecule is CCN(CC)C(=O)c1ccc(C(=O)Nc2ccccc2N)s1. The zero-order valence-corrected chi connectivity index (χ0v) is 13.4. The van der Waals surface area contributed by atoms with Crippen molar-refractivity contribution in [3.05, 3.63) is 46.2 Å². The normalized spacial score (nSPS) is 10.3. The van der Waals surface area contributed by atoms with Gasteiger partial charge in [0.05, 0.1) is 21.1 Å². The summed E-state index contributed by atoms with van der Waals surface area (Å²) < 4.78 is 0. The van der Waals surface area contributed by atoms with Crippen LogP contribution in [-0.4, -0.2) is 29.8 Å². The molecule has 0 spiro atoms. The third-order valence-corrected chi connectivity index (χ3v) is 4.37. The lowest BCUT2D eigenvalue weighted by atomic mass is 10.2. The van der Waals surface area contributed by atoms with E-state index in [1.54, 1.807) is 41.3 Å². The van der Waals surface area contributed by atoms with Crippen LogP contribution in [0.3, 0.4) is 0 Å². The van der Waals surface area contributed by atoms with E-state index in [0.717, 1.165) is 0 Å². The summed E-state index contributed by atoms with van der Waals surface area (Å²) in [5.41, 5.74) is 6.88. The molecule has 2 aromatic rings. The molecular formula is C16H19N3O2S. The number of anilines is 2. The summed E-state index contributed by atoms with van der Waals surface area (Å²) in [5, 5.41) is 2.76. The summed E-state index contributed by atoms with van der Waals surface area (Å²) >= 11 is 1.19. The molecule has 1 aromatic heterocycles. The fourth-order valence-electron chi connectivity index (χ4n) is 2.04. The molecular weight excluding hydrogens is 298 g/mol. The van der Waals surface area contributed by atoms with Crippen molar-refractivity contribution in [3.63, 3.8) is 0 Å². The maximum atomic E-state index is 12.2. The van der Waals surface area contributed by atoms with Crippen molar-refractivity contribution in [2.45, 2.75) is 13.8 Å². The number of rotatable bonds is 5. The maximum Gasteiger partial charge on any atom is 0.265 e. The van der Waals surface area contributed by atoms with Crippen molar-refractivity contribution in [1.29, 1.82) is 0 Å². The Morgan fingerprint density at radius 2 is 1.73 bits per heavy atom. The van der Waals surface area contributed by atoms with Gasteiger partial charge in [-0.3, -0.25) is 9.59 Å². The molecule has 0 atom stereocenters. The van der Waals surface area contributed by atoms with Crippen molar-refractivity contribution < 1.29 is 9.59 Å². The molecule has 2 amide bonds. The van der Waals surface area contributed by atoms with Crippen molar-refractivity contribution in [2.24, 2.45) is 0 Å². The van der Waals surface area contributed by atoms with Gasteiger partial charge in [0.25, 0.3) is 11.8 Å². The van der Waals surface area contributed by atoms with Crippen LogP contribution in [0.2, 0.25) is 0 Å². The molecule has 0 radical (unpaired) electrons. The van der Waals surface area contributed by atoms with Crippen LogP contribution in [0.5, 0.6) is 0 Å². The first kappa shape index (κ1) is 16.0. The average molecular weight is 317 g/mol. The molecule has 5 nitrogen and oxygen atoms in total. The van der Waals surface area contributed by atoms with Gasteiger partial charge in [0.1, 0.15) is 0 Å². The fourth-order valence-corrected chi connectivity index (χ4v) is 2.91. The Balaban J connectivity index is 2.13. The molecule has 6 heteroatoms. The van der Waals surface area contributed by atoms with E-state index in [9.17, 15) is 9.59 Å². The lowest BCUT2D eigenvalue weighted by Crippen LogP contribution is -2.29. The first-order valence-corrected chi connectivity index (χ1v) is 7.93. The Hall–Kier alpha value is -2.34. The Labute approximate surface area is 133 Å². The molecule has 0 aliphatic heterocycles. The summed E-state index contributed by atoms with van der Waals surface area (Å²) in [6.45, 7) is 5.16. The molecule has 0 bridgehead atoms. The van der Waals surface area contributed by atoms with Crippen LogP contribution < -0.4 is 11.1 Å². The quantitative estimate of drug-likeness (QED) is 0.832. The smallest absolute Gasteiger partial charge is 0.265 e. The van der Waals surface area contributed by atoms with Crippen LogP contribution in [0.15, 0.2) is 36.4 Å². The number of amides is 2. The Morgan fingerprint density at radius 3 is 2.36 bits per heavy atom. The highest BCUT2D eigenvalue weighted by Gasteiger charge is 2.17. The molecule has 0 saturated carbocycles. The Kier molecular flexibility index (Phi) is 5.16. The molecule has 0 unspecified atom stereocenters. The number of nitrogens with two attached hydrogens (primary N) is 1. The number of benzene rings is 1. The number of hydrogen-bond donors (Lipinski definition) is 2. The van der Waals surface area contributed by atoms with Gasteiger partial charge in [-0.05, 0) is 38.1 Å². The van der Waals surface area contributed by atoms with Crippen LogP contribution in [0.25, 0.3) is 0 Å². The van der Waals surface area contributed by atoms with Crippen molar-refractivity contribution in [3.8, 4) is 0 Å². The van der Waals surface area contributed by atoms with Crippen molar-refractivity contribution >= 4 is 34.5 Å². The summed E-state index contributed by atoms with van der Waals surface area (Å²) in [5.74, 6) is -0.310. The predicted octanol–water partition coefficient (Wildman–Crippen LogP) is 3.06. The van der Waals surface area contributed by atoms with E-state index in [4.69, 9.17) is 5.73 Å². The topological polar surface area (TPSA) is 75.4 Å². The number of nitrogens with one attached hydrogen (secondary N) is 1. The monoisotopic (exact) mass is 317 g/mol. The minimum absolute atomic E-state index is 0.0479. The summed E-state index contributed by atoms with van der Waals surface area (Å²) in [7, 11) is 0. The second kappa shape index (κ2) is 7.09. The first-order valence-electron chi connectivity index (χ1n) is 7.11. The van der Waals surface area contributed by atoms with Gasteiger partial charge in [0.2, 0.25) is 0 Å².